The van der Waals surface area contributed by atoms with Gasteiger partial charge in [0.15, 0.2) is 0 Å². The summed E-state index contributed by atoms with van der Waals surface area (Å²) in [6.07, 6.45) is 84.9. The molecule has 0 radical (unpaired) electrons. The summed E-state index contributed by atoms with van der Waals surface area (Å²) in [6, 6.07) is -0.623. The molecular formula is C70H131NO5. The quantitative estimate of drug-likeness (QED) is 0.0320. The Morgan fingerprint density at radius 1 is 0.368 bits per heavy atom. The first-order valence-corrected chi connectivity index (χ1v) is 33.9. The average molecular weight is 1070 g/mol. The van der Waals surface area contributed by atoms with E-state index in [0.29, 0.717) is 19.4 Å². The molecule has 3 N–H and O–H groups in total. The van der Waals surface area contributed by atoms with Crippen LogP contribution in [0.4, 0.5) is 0 Å². The molecule has 2 unspecified atom stereocenters. The Morgan fingerprint density at radius 2 is 0.671 bits per heavy atom. The van der Waals surface area contributed by atoms with E-state index < -0.39 is 12.1 Å². The van der Waals surface area contributed by atoms with Crippen molar-refractivity contribution in [1.82, 2.24) is 5.32 Å². The Balaban J connectivity index is 3.33. The van der Waals surface area contributed by atoms with E-state index in [1.54, 1.807) is 6.08 Å². The molecule has 2 atom stereocenters. The third-order valence-corrected chi connectivity index (χ3v) is 15.6. The van der Waals surface area contributed by atoms with Gasteiger partial charge in [0.2, 0.25) is 5.91 Å². The number of allylic oxidation sites excluding steroid dienone is 7. The Morgan fingerprint density at radius 3 is 1.05 bits per heavy atom. The second-order valence-electron chi connectivity index (χ2n) is 23.1. The van der Waals surface area contributed by atoms with Crippen molar-refractivity contribution in [3.8, 4) is 0 Å². The molecule has 0 saturated heterocycles. The maximum absolute atomic E-state index is 12.4. The van der Waals surface area contributed by atoms with E-state index in [1.165, 1.54) is 283 Å². The lowest BCUT2D eigenvalue weighted by Crippen LogP contribution is -2.45. The molecule has 1 amide bonds. The largest absolute Gasteiger partial charge is 0.466 e. The molecular weight excluding hydrogens is 935 g/mol. The molecule has 76 heavy (non-hydrogen) atoms. The number of nitrogens with one attached hydrogen (secondary N) is 1. The van der Waals surface area contributed by atoms with Gasteiger partial charge in [-0.25, -0.2) is 0 Å². The van der Waals surface area contributed by atoms with Gasteiger partial charge < -0.3 is 20.3 Å². The van der Waals surface area contributed by atoms with E-state index in [0.717, 1.165) is 51.4 Å². The van der Waals surface area contributed by atoms with Crippen LogP contribution in [-0.2, 0) is 14.3 Å². The molecule has 0 aromatic heterocycles. The summed E-state index contributed by atoms with van der Waals surface area (Å²) in [4.78, 5) is 24.5. The molecule has 0 aromatic carbocycles. The van der Waals surface area contributed by atoms with Crippen molar-refractivity contribution in [2.24, 2.45) is 0 Å². The van der Waals surface area contributed by atoms with Crippen LogP contribution in [0.2, 0.25) is 0 Å². The number of amides is 1. The van der Waals surface area contributed by atoms with Crippen LogP contribution < -0.4 is 5.32 Å². The van der Waals surface area contributed by atoms with Gasteiger partial charge in [0.05, 0.1) is 25.4 Å². The van der Waals surface area contributed by atoms with Crippen LogP contribution in [0, 0.1) is 0 Å². The van der Waals surface area contributed by atoms with E-state index in [9.17, 15) is 19.8 Å². The SMILES string of the molecule is CCCC/C=C\C/C=C\CCCCCCCC(=O)OCCCCCCCCCCCCCCCC/C=C\CCCCCCCCCCCCCCCCCCCC(=O)NC(CO)C(O)/C=C/CCCCCCCCCC. The van der Waals surface area contributed by atoms with Gasteiger partial charge in [-0.05, 0) is 83.5 Å². The Kier molecular flexibility index (Phi) is 63.5. The zero-order valence-electron chi connectivity index (χ0n) is 51.0. The molecule has 0 spiro atoms. The summed E-state index contributed by atoms with van der Waals surface area (Å²) in [7, 11) is 0. The monoisotopic (exact) mass is 1070 g/mol. The minimum Gasteiger partial charge on any atom is -0.466 e. The lowest BCUT2D eigenvalue weighted by molar-refractivity contribution is -0.143. The smallest absolute Gasteiger partial charge is 0.305 e. The van der Waals surface area contributed by atoms with Crippen LogP contribution in [-0.4, -0.2) is 47.4 Å². The average Bonchev–Trinajstić information content (AvgIpc) is 3.42. The maximum atomic E-state index is 12.4. The van der Waals surface area contributed by atoms with Gasteiger partial charge in [-0.15, -0.1) is 0 Å². The fraction of sp³-hybridized carbons (Fsp3) is 0.857. The Bertz CT molecular complexity index is 1270. The zero-order chi connectivity index (χ0) is 55.0. The fourth-order valence-electron chi connectivity index (χ4n) is 10.4. The molecule has 0 rings (SSSR count). The van der Waals surface area contributed by atoms with Crippen molar-refractivity contribution in [3.63, 3.8) is 0 Å². The van der Waals surface area contributed by atoms with Gasteiger partial charge in [0.25, 0.3) is 0 Å². The minimum atomic E-state index is -0.840. The van der Waals surface area contributed by atoms with Gasteiger partial charge in [0, 0.05) is 12.8 Å². The van der Waals surface area contributed by atoms with Gasteiger partial charge in [0.1, 0.15) is 0 Å². The first kappa shape index (κ1) is 73.8. The van der Waals surface area contributed by atoms with Gasteiger partial charge in [-0.3, -0.25) is 9.59 Å². The predicted molar refractivity (Wildman–Crippen MR) is 333 cm³/mol. The summed E-state index contributed by atoms with van der Waals surface area (Å²) in [6.45, 7) is 4.85. The molecule has 0 bridgehead atoms. The van der Waals surface area contributed by atoms with Crippen molar-refractivity contribution in [1.29, 1.82) is 0 Å². The van der Waals surface area contributed by atoms with Crippen molar-refractivity contribution in [2.75, 3.05) is 13.2 Å². The second-order valence-corrected chi connectivity index (χ2v) is 23.1. The van der Waals surface area contributed by atoms with Crippen LogP contribution >= 0.6 is 0 Å². The van der Waals surface area contributed by atoms with E-state index in [-0.39, 0.29) is 18.5 Å². The zero-order valence-corrected chi connectivity index (χ0v) is 51.0. The summed E-state index contributed by atoms with van der Waals surface area (Å²) >= 11 is 0. The highest BCUT2D eigenvalue weighted by Gasteiger charge is 2.18. The van der Waals surface area contributed by atoms with Crippen molar-refractivity contribution in [2.45, 2.75) is 373 Å². The Hall–Kier alpha value is -2.18. The van der Waals surface area contributed by atoms with E-state index >= 15 is 0 Å². The van der Waals surface area contributed by atoms with Crippen LogP contribution in [0.5, 0.6) is 0 Å². The number of carbonyl (C=O) groups is 2. The standard InChI is InChI=1S/C70H131NO5/c1-3-5-7-9-11-13-15-16-41-44-48-52-56-60-64-70(75)76-65-61-57-53-49-45-42-39-37-35-33-31-29-27-25-23-21-19-17-18-20-22-24-26-28-30-32-34-36-38-40-43-47-51-55-59-63-69(74)71-67(66-72)68(73)62-58-54-50-46-14-12-10-8-6-4-2/h9,11,15-16,19,21,58,62,67-68,72-73H,3-8,10,12-14,17-18,20,22-57,59-61,63-66H2,1-2H3,(H,71,74)/b11-9-,16-15-,21-19-,62-58+. The molecule has 0 aliphatic rings. The molecule has 0 aromatic rings. The summed E-state index contributed by atoms with van der Waals surface area (Å²) in [5.74, 6) is -0.0605. The first-order chi connectivity index (χ1) is 37.5. The van der Waals surface area contributed by atoms with Crippen LogP contribution in [0.1, 0.15) is 361 Å². The number of hydrogen-bond donors (Lipinski definition) is 3. The highest BCUT2D eigenvalue weighted by Crippen LogP contribution is 2.18. The van der Waals surface area contributed by atoms with Crippen molar-refractivity contribution in [3.05, 3.63) is 48.6 Å². The van der Waals surface area contributed by atoms with Crippen molar-refractivity contribution < 1.29 is 24.5 Å². The van der Waals surface area contributed by atoms with E-state index in [2.05, 4.69) is 55.6 Å². The molecule has 0 aliphatic heterocycles. The minimum absolute atomic E-state index is 0.00507. The van der Waals surface area contributed by atoms with Crippen LogP contribution in [0.3, 0.4) is 0 Å². The highest BCUT2D eigenvalue weighted by atomic mass is 16.5. The number of carbonyl (C=O) groups excluding carboxylic acids is 2. The Labute approximate surface area is 474 Å². The lowest BCUT2D eigenvalue weighted by atomic mass is 10.0. The topological polar surface area (TPSA) is 95.9 Å². The van der Waals surface area contributed by atoms with Gasteiger partial charge in [-0.2, -0.15) is 0 Å². The number of rotatable bonds is 63. The van der Waals surface area contributed by atoms with Gasteiger partial charge in [-0.1, -0.05) is 313 Å². The maximum Gasteiger partial charge on any atom is 0.305 e. The van der Waals surface area contributed by atoms with E-state index in [1.807, 2.05) is 6.08 Å². The van der Waals surface area contributed by atoms with E-state index in [4.69, 9.17) is 4.74 Å². The summed E-state index contributed by atoms with van der Waals surface area (Å²) in [5.41, 5.74) is 0. The highest BCUT2D eigenvalue weighted by molar-refractivity contribution is 5.76. The molecule has 6 nitrogen and oxygen atoms in total. The predicted octanol–water partition coefficient (Wildman–Crippen LogP) is 21.7. The van der Waals surface area contributed by atoms with Crippen LogP contribution in [0.15, 0.2) is 48.6 Å². The number of ether oxygens (including phenoxy) is 1. The first-order valence-electron chi connectivity index (χ1n) is 33.9. The van der Waals surface area contributed by atoms with Crippen LogP contribution in [0.25, 0.3) is 0 Å². The van der Waals surface area contributed by atoms with Crippen molar-refractivity contribution >= 4 is 11.9 Å². The molecule has 0 saturated carbocycles. The van der Waals surface area contributed by atoms with Gasteiger partial charge >= 0.3 is 5.97 Å². The molecule has 0 heterocycles. The summed E-state index contributed by atoms with van der Waals surface area (Å²) < 4.78 is 5.48. The number of hydrogen-bond acceptors (Lipinski definition) is 5. The fourth-order valence-corrected chi connectivity index (χ4v) is 10.4. The molecule has 0 aliphatic carbocycles. The molecule has 446 valence electrons. The number of esters is 1. The normalized spacial score (nSPS) is 12.8. The number of aliphatic hydroxyl groups excluding tert-OH is 2. The number of aliphatic hydroxyl groups is 2. The third kappa shape index (κ3) is 61.0. The third-order valence-electron chi connectivity index (χ3n) is 15.6. The molecule has 0 fully saturated rings. The molecule has 6 heteroatoms. The summed E-state index contributed by atoms with van der Waals surface area (Å²) in [5, 5.41) is 23.0. The second kappa shape index (κ2) is 65.3. The number of unbranched alkanes of at least 4 members (excludes halogenated alkanes) is 46. The lowest BCUT2D eigenvalue weighted by Gasteiger charge is -2.20.